The SMILES string of the molecule is O=C(O)c1cc(Br)ccc1-n1ccnc1. The van der Waals surface area contributed by atoms with Crippen molar-refractivity contribution in [3.05, 3.63) is 47.0 Å². The average Bonchev–Trinajstić information content (AvgIpc) is 2.70. The normalized spacial score (nSPS) is 10.2. The number of rotatable bonds is 2. The monoisotopic (exact) mass is 266 g/mol. The van der Waals surface area contributed by atoms with Crippen molar-refractivity contribution < 1.29 is 9.90 Å². The molecule has 0 saturated heterocycles. The highest BCUT2D eigenvalue weighted by molar-refractivity contribution is 9.10. The Labute approximate surface area is 94.3 Å². The maximum atomic E-state index is 11.0. The highest BCUT2D eigenvalue weighted by Gasteiger charge is 2.11. The van der Waals surface area contributed by atoms with E-state index in [2.05, 4.69) is 20.9 Å². The molecule has 0 bridgehead atoms. The van der Waals surface area contributed by atoms with Gasteiger partial charge in [-0.25, -0.2) is 9.78 Å². The smallest absolute Gasteiger partial charge is 0.337 e. The van der Waals surface area contributed by atoms with Crippen molar-refractivity contribution in [1.29, 1.82) is 0 Å². The summed E-state index contributed by atoms with van der Waals surface area (Å²) in [5, 5.41) is 9.03. The lowest BCUT2D eigenvalue weighted by atomic mass is 10.2. The van der Waals surface area contributed by atoms with E-state index >= 15 is 0 Å². The zero-order valence-corrected chi connectivity index (χ0v) is 9.18. The lowest BCUT2D eigenvalue weighted by Gasteiger charge is -2.06. The van der Waals surface area contributed by atoms with Crippen LogP contribution < -0.4 is 0 Å². The van der Waals surface area contributed by atoms with E-state index in [1.165, 1.54) is 0 Å². The number of nitrogens with zero attached hydrogens (tertiary/aromatic N) is 2. The molecule has 0 saturated carbocycles. The number of imidazole rings is 1. The molecule has 76 valence electrons. The molecule has 5 heteroatoms. The van der Waals surface area contributed by atoms with E-state index in [1.807, 2.05) is 0 Å². The summed E-state index contributed by atoms with van der Waals surface area (Å²) < 4.78 is 2.40. The Bertz CT molecular complexity index is 494. The molecular weight excluding hydrogens is 260 g/mol. The van der Waals surface area contributed by atoms with Crippen LogP contribution >= 0.6 is 15.9 Å². The highest BCUT2D eigenvalue weighted by atomic mass is 79.9. The minimum Gasteiger partial charge on any atom is -0.478 e. The van der Waals surface area contributed by atoms with E-state index in [9.17, 15) is 4.79 Å². The summed E-state index contributed by atoms with van der Waals surface area (Å²) in [6, 6.07) is 5.09. The van der Waals surface area contributed by atoms with Crippen molar-refractivity contribution in [2.75, 3.05) is 0 Å². The molecule has 0 unspecified atom stereocenters. The molecule has 0 atom stereocenters. The molecule has 0 aliphatic heterocycles. The van der Waals surface area contributed by atoms with Crippen LogP contribution in [0.5, 0.6) is 0 Å². The molecule has 2 aromatic rings. The van der Waals surface area contributed by atoms with Gasteiger partial charge in [-0.2, -0.15) is 0 Å². The summed E-state index contributed by atoms with van der Waals surface area (Å²) in [6.07, 6.45) is 4.87. The molecule has 1 aromatic carbocycles. The molecule has 4 nitrogen and oxygen atoms in total. The van der Waals surface area contributed by atoms with Gasteiger partial charge in [-0.1, -0.05) is 15.9 Å². The van der Waals surface area contributed by atoms with Gasteiger partial charge in [0.2, 0.25) is 0 Å². The van der Waals surface area contributed by atoms with Crippen molar-refractivity contribution in [3.63, 3.8) is 0 Å². The lowest BCUT2D eigenvalue weighted by molar-refractivity contribution is 0.0697. The molecule has 2 rings (SSSR count). The molecule has 0 radical (unpaired) electrons. The predicted octanol–water partition coefficient (Wildman–Crippen LogP) is 2.33. The third-order valence-corrected chi connectivity index (χ3v) is 2.46. The molecule has 0 aliphatic rings. The van der Waals surface area contributed by atoms with E-state index in [4.69, 9.17) is 5.11 Å². The molecule has 0 amide bonds. The summed E-state index contributed by atoms with van der Waals surface area (Å²) in [4.78, 5) is 14.9. The molecule has 0 spiro atoms. The van der Waals surface area contributed by atoms with Gasteiger partial charge >= 0.3 is 5.97 Å². The summed E-state index contributed by atoms with van der Waals surface area (Å²) in [5.74, 6) is -0.958. The fourth-order valence-electron chi connectivity index (χ4n) is 1.31. The van der Waals surface area contributed by atoms with Crippen LogP contribution in [-0.2, 0) is 0 Å². The fourth-order valence-corrected chi connectivity index (χ4v) is 1.67. The van der Waals surface area contributed by atoms with Crippen molar-refractivity contribution in [3.8, 4) is 5.69 Å². The van der Waals surface area contributed by atoms with Gasteiger partial charge in [-0.15, -0.1) is 0 Å². The zero-order valence-electron chi connectivity index (χ0n) is 7.59. The van der Waals surface area contributed by atoms with Gasteiger partial charge in [0, 0.05) is 16.9 Å². The second-order valence-electron chi connectivity index (χ2n) is 2.94. The van der Waals surface area contributed by atoms with Gasteiger partial charge in [-0.05, 0) is 18.2 Å². The minimum absolute atomic E-state index is 0.238. The van der Waals surface area contributed by atoms with Gasteiger partial charge in [0.15, 0.2) is 0 Å². The Balaban J connectivity index is 2.61. The number of halogens is 1. The third kappa shape index (κ3) is 1.92. The second-order valence-corrected chi connectivity index (χ2v) is 3.85. The van der Waals surface area contributed by atoms with E-state index in [0.29, 0.717) is 5.69 Å². The summed E-state index contributed by atoms with van der Waals surface area (Å²) in [7, 11) is 0. The molecule has 15 heavy (non-hydrogen) atoms. The van der Waals surface area contributed by atoms with Crippen LogP contribution in [0.1, 0.15) is 10.4 Å². The molecule has 0 fully saturated rings. The number of aromatic nitrogens is 2. The highest BCUT2D eigenvalue weighted by Crippen LogP contribution is 2.19. The van der Waals surface area contributed by atoms with Crippen molar-refractivity contribution in [2.45, 2.75) is 0 Å². The fraction of sp³-hybridized carbons (Fsp3) is 0. The summed E-state index contributed by atoms with van der Waals surface area (Å²) in [5.41, 5.74) is 0.838. The zero-order chi connectivity index (χ0) is 10.8. The molecule has 1 heterocycles. The number of carboxylic acid groups (broad SMARTS) is 1. The first-order chi connectivity index (χ1) is 7.18. The Hall–Kier alpha value is -1.62. The number of hydrogen-bond acceptors (Lipinski definition) is 2. The van der Waals surface area contributed by atoms with Crippen LogP contribution in [0.4, 0.5) is 0 Å². The largest absolute Gasteiger partial charge is 0.478 e. The summed E-state index contributed by atoms with van der Waals surface area (Å²) >= 11 is 3.24. The standard InChI is InChI=1S/C10H7BrN2O2/c11-7-1-2-9(8(5-7)10(14)15)13-4-3-12-6-13/h1-6H,(H,14,15). The van der Waals surface area contributed by atoms with Crippen molar-refractivity contribution in [2.24, 2.45) is 0 Å². The Kier molecular flexibility index (Phi) is 2.55. The van der Waals surface area contributed by atoms with Crippen molar-refractivity contribution in [1.82, 2.24) is 9.55 Å². The molecule has 1 N–H and O–H groups in total. The Morgan fingerprint density at radius 3 is 2.87 bits per heavy atom. The molecular formula is C10H7BrN2O2. The van der Waals surface area contributed by atoms with E-state index in [1.54, 1.807) is 41.5 Å². The van der Waals surface area contributed by atoms with Gasteiger partial charge in [0.05, 0.1) is 17.6 Å². The maximum absolute atomic E-state index is 11.0. The van der Waals surface area contributed by atoms with Crippen LogP contribution in [0, 0.1) is 0 Å². The number of hydrogen-bond donors (Lipinski definition) is 1. The number of benzene rings is 1. The van der Waals surface area contributed by atoms with Gasteiger partial charge < -0.3 is 9.67 Å². The topological polar surface area (TPSA) is 55.1 Å². The Morgan fingerprint density at radius 2 is 2.27 bits per heavy atom. The van der Waals surface area contributed by atoms with Gasteiger partial charge in [0.1, 0.15) is 0 Å². The maximum Gasteiger partial charge on any atom is 0.337 e. The van der Waals surface area contributed by atoms with E-state index < -0.39 is 5.97 Å². The van der Waals surface area contributed by atoms with Gasteiger partial charge in [0.25, 0.3) is 0 Å². The van der Waals surface area contributed by atoms with Crippen LogP contribution in [-0.4, -0.2) is 20.6 Å². The first-order valence-corrected chi connectivity index (χ1v) is 4.99. The van der Waals surface area contributed by atoms with Crippen LogP contribution in [0.2, 0.25) is 0 Å². The predicted molar refractivity (Wildman–Crippen MR) is 58.2 cm³/mol. The number of carboxylic acids is 1. The Morgan fingerprint density at radius 1 is 1.47 bits per heavy atom. The molecule has 1 aromatic heterocycles. The minimum atomic E-state index is -0.958. The van der Waals surface area contributed by atoms with Crippen LogP contribution in [0.3, 0.4) is 0 Å². The van der Waals surface area contributed by atoms with Crippen LogP contribution in [0.25, 0.3) is 5.69 Å². The van der Waals surface area contributed by atoms with Gasteiger partial charge in [-0.3, -0.25) is 0 Å². The van der Waals surface area contributed by atoms with E-state index in [0.717, 1.165) is 4.47 Å². The summed E-state index contributed by atoms with van der Waals surface area (Å²) in [6.45, 7) is 0. The number of aromatic carboxylic acids is 1. The number of carbonyl (C=O) groups is 1. The first kappa shape index (κ1) is 9.92. The third-order valence-electron chi connectivity index (χ3n) is 1.97. The van der Waals surface area contributed by atoms with E-state index in [-0.39, 0.29) is 5.56 Å². The van der Waals surface area contributed by atoms with Crippen LogP contribution in [0.15, 0.2) is 41.4 Å². The quantitative estimate of drug-likeness (QED) is 0.908. The average molecular weight is 267 g/mol. The van der Waals surface area contributed by atoms with Crippen molar-refractivity contribution >= 4 is 21.9 Å². The second kappa shape index (κ2) is 3.86. The lowest BCUT2D eigenvalue weighted by Crippen LogP contribution is -2.04. The molecule has 0 aliphatic carbocycles. The first-order valence-electron chi connectivity index (χ1n) is 4.19.